The molecule has 11 nitrogen and oxygen atoms in total. The summed E-state index contributed by atoms with van der Waals surface area (Å²) in [6.07, 6.45) is 4.95. The topological polar surface area (TPSA) is 120 Å². The molecule has 2 aliphatic heterocycles. The van der Waals surface area contributed by atoms with Crippen LogP contribution in [0, 0.1) is 5.82 Å². The molecule has 42 heavy (non-hydrogen) atoms. The van der Waals surface area contributed by atoms with E-state index < -0.39 is 0 Å². The molecule has 1 N–H and O–H groups in total. The number of piperidine rings is 1. The quantitative estimate of drug-likeness (QED) is 0.269. The van der Waals surface area contributed by atoms with Gasteiger partial charge in [-0.05, 0) is 60.4 Å². The fourth-order valence-electron chi connectivity index (χ4n) is 5.48. The van der Waals surface area contributed by atoms with Crippen molar-refractivity contribution < 1.29 is 13.9 Å². The zero-order valence-electron chi connectivity index (χ0n) is 22.8. The number of nitrogens with zero attached hydrogens (tertiary/aromatic N) is 8. The Morgan fingerprint density at radius 2 is 1.95 bits per heavy atom. The molecule has 0 saturated carbocycles. The van der Waals surface area contributed by atoms with E-state index in [4.69, 9.17) is 26.1 Å². The van der Waals surface area contributed by atoms with Crippen LogP contribution in [0.2, 0.25) is 5.02 Å². The van der Waals surface area contributed by atoms with E-state index in [2.05, 4.69) is 46.1 Å². The van der Waals surface area contributed by atoms with Gasteiger partial charge in [-0.15, -0.1) is 10.2 Å². The number of benzene rings is 2. The van der Waals surface area contributed by atoms with Crippen molar-refractivity contribution in [1.82, 2.24) is 45.0 Å². The van der Waals surface area contributed by atoms with Gasteiger partial charge in [-0.1, -0.05) is 17.7 Å². The molecule has 1 atom stereocenters. The van der Waals surface area contributed by atoms with Gasteiger partial charge in [0.2, 0.25) is 11.7 Å². The third-order valence-electron chi connectivity index (χ3n) is 7.84. The highest BCUT2D eigenvalue weighted by Gasteiger charge is 2.26. The average Bonchev–Trinajstić information content (AvgIpc) is 3.62. The number of aromatic amines is 1. The highest BCUT2D eigenvalue weighted by Crippen LogP contribution is 2.27. The van der Waals surface area contributed by atoms with Gasteiger partial charge in [-0.25, -0.2) is 14.4 Å². The van der Waals surface area contributed by atoms with Crippen LogP contribution < -0.4 is 4.74 Å². The molecule has 2 aliphatic rings. The molecular weight excluding hydrogens is 561 g/mol. The summed E-state index contributed by atoms with van der Waals surface area (Å²) in [4.78, 5) is 16.3. The summed E-state index contributed by atoms with van der Waals surface area (Å²) in [5.74, 6) is 2.20. The molecule has 2 aromatic carbocycles. The Morgan fingerprint density at radius 1 is 1.07 bits per heavy atom. The summed E-state index contributed by atoms with van der Waals surface area (Å²) in [6, 6.07) is 12.5. The molecule has 5 heterocycles. The molecule has 0 unspecified atom stereocenters. The largest absolute Gasteiger partial charge is 0.474 e. The lowest BCUT2D eigenvalue weighted by Crippen LogP contribution is -2.39. The van der Waals surface area contributed by atoms with E-state index in [9.17, 15) is 4.39 Å². The van der Waals surface area contributed by atoms with E-state index >= 15 is 0 Å². The second kappa shape index (κ2) is 11.7. The fourth-order valence-corrected chi connectivity index (χ4v) is 5.64. The van der Waals surface area contributed by atoms with E-state index in [1.807, 2.05) is 12.1 Å². The lowest BCUT2D eigenvalue weighted by molar-refractivity contribution is -0.0592. The van der Waals surface area contributed by atoms with Crippen molar-refractivity contribution in [2.45, 2.75) is 51.0 Å². The molecule has 7 rings (SSSR count). The summed E-state index contributed by atoms with van der Waals surface area (Å²) in [5, 5.41) is 14.8. The van der Waals surface area contributed by atoms with E-state index in [-0.39, 0.29) is 24.4 Å². The number of H-pyrrole nitrogens is 1. The maximum absolute atomic E-state index is 14.3. The number of likely N-dealkylation sites (tertiary alicyclic amines) is 1. The molecule has 0 amide bonds. The minimum Gasteiger partial charge on any atom is -0.474 e. The maximum Gasteiger partial charge on any atom is 0.216 e. The first kappa shape index (κ1) is 26.9. The highest BCUT2D eigenvalue weighted by atomic mass is 35.5. The minimum atomic E-state index is -0.369. The van der Waals surface area contributed by atoms with Crippen LogP contribution >= 0.6 is 11.6 Å². The molecule has 0 radical (unpaired) electrons. The number of rotatable bonds is 9. The predicted octanol–water partition coefficient (Wildman–Crippen LogP) is 4.22. The Hall–Kier alpha value is -4.00. The van der Waals surface area contributed by atoms with Crippen LogP contribution in [0.25, 0.3) is 22.4 Å². The third-order valence-corrected chi connectivity index (χ3v) is 8.08. The summed E-state index contributed by atoms with van der Waals surface area (Å²) >= 11 is 5.88. The van der Waals surface area contributed by atoms with Crippen molar-refractivity contribution in [3.8, 4) is 17.3 Å². The summed E-state index contributed by atoms with van der Waals surface area (Å²) in [5.41, 5.74) is 3.34. The first-order valence-corrected chi connectivity index (χ1v) is 14.4. The second-order valence-electron chi connectivity index (χ2n) is 10.7. The number of ether oxygens (including phenoxy) is 2. The SMILES string of the molecule is Fc1cc(Cl)ccc1Cc1nccc(OC2CCN(Cc3nc4cc(-c5nn[nH]n5)ccc4n3C[C@@H]3CCO3)CC2)n1. The van der Waals surface area contributed by atoms with Gasteiger partial charge in [-0.3, -0.25) is 4.90 Å². The Balaban J connectivity index is 1.00. The lowest BCUT2D eigenvalue weighted by atomic mass is 10.1. The molecular formula is C29H29ClFN9O2. The van der Waals surface area contributed by atoms with Crippen molar-refractivity contribution in [2.24, 2.45) is 0 Å². The minimum absolute atomic E-state index is 0.0379. The summed E-state index contributed by atoms with van der Waals surface area (Å²) in [7, 11) is 0. The number of halogens is 2. The third kappa shape index (κ3) is 5.83. The van der Waals surface area contributed by atoms with Crippen LogP contribution in [0.15, 0.2) is 48.7 Å². The molecule has 3 aromatic heterocycles. The standard InChI is InChI=1S/C29H29ClFN9O2/c30-20-3-1-18(23(31)15-20)14-26-32-9-5-28(34-26)42-21-6-10-39(11-7-21)17-27-33-24-13-19(29-35-37-38-36-29)2-4-25(24)40(27)16-22-8-12-41-22/h1-5,9,13,15,21-22H,6-8,10-12,14,16-17H2,(H,35,36,37,38)/t22-/m0/s1. The fraction of sp³-hybridized carbons (Fsp3) is 0.379. The highest BCUT2D eigenvalue weighted by molar-refractivity contribution is 6.30. The molecule has 13 heteroatoms. The Bertz CT molecular complexity index is 1680. The van der Waals surface area contributed by atoms with Gasteiger partial charge >= 0.3 is 0 Å². The van der Waals surface area contributed by atoms with Crippen molar-refractivity contribution in [3.05, 3.63) is 76.7 Å². The van der Waals surface area contributed by atoms with E-state index in [0.717, 1.165) is 74.5 Å². The summed E-state index contributed by atoms with van der Waals surface area (Å²) < 4.78 is 28.5. The van der Waals surface area contributed by atoms with Gasteiger partial charge in [-0.2, -0.15) is 10.2 Å². The molecule has 2 saturated heterocycles. The second-order valence-corrected chi connectivity index (χ2v) is 11.1. The van der Waals surface area contributed by atoms with E-state index in [1.165, 1.54) is 6.07 Å². The first-order chi connectivity index (χ1) is 20.6. The smallest absolute Gasteiger partial charge is 0.216 e. The van der Waals surface area contributed by atoms with Gasteiger partial charge in [0.1, 0.15) is 23.6 Å². The van der Waals surface area contributed by atoms with E-state index in [0.29, 0.717) is 28.1 Å². The molecule has 2 fully saturated rings. The van der Waals surface area contributed by atoms with Crippen molar-refractivity contribution in [3.63, 3.8) is 0 Å². The van der Waals surface area contributed by atoms with Gasteiger partial charge in [0.05, 0.1) is 30.2 Å². The van der Waals surface area contributed by atoms with Crippen LogP contribution in [-0.2, 0) is 24.2 Å². The predicted molar refractivity (Wildman–Crippen MR) is 152 cm³/mol. The number of aromatic nitrogens is 8. The Morgan fingerprint density at radius 3 is 2.71 bits per heavy atom. The van der Waals surface area contributed by atoms with Crippen LogP contribution in [0.5, 0.6) is 5.88 Å². The first-order valence-electron chi connectivity index (χ1n) is 14.1. The van der Waals surface area contributed by atoms with Gasteiger partial charge < -0.3 is 14.0 Å². The molecule has 0 spiro atoms. The number of fused-ring (bicyclic) bond motifs is 1. The van der Waals surface area contributed by atoms with Gasteiger partial charge in [0, 0.05) is 49.0 Å². The monoisotopic (exact) mass is 589 g/mol. The van der Waals surface area contributed by atoms with Crippen molar-refractivity contribution >= 4 is 22.6 Å². The van der Waals surface area contributed by atoms with Crippen LogP contribution in [0.1, 0.15) is 36.5 Å². The van der Waals surface area contributed by atoms with Crippen LogP contribution in [0.4, 0.5) is 4.39 Å². The molecule has 0 aliphatic carbocycles. The average molecular weight is 590 g/mol. The number of imidazole rings is 1. The Kier molecular flexibility index (Phi) is 7.49. The number of nitrogens with one attached hydrogen (secondary N) is 1. The lowest BCUT2D eigenvalue weighted by Gasteiger charge is -2.32. The molecule has 0 bridgehead atoms. The van der Waals surface area contributed by atoms with Gasteiger partial charge in [0.15, 0.2) is 0 Å². The number of hydrogen-bond acceptors (Lipinski definition) is 9. The Labute approximate surface area is 246 Å². The van der Waals surface area contributed by atoms with Crippen LogP contribution in [0.3, 0.4) is 0 Å². The zero-order chi connectivity index (χ0) is 28.5. The van der Waals surface area contributed by atoms with E-state index in [1.54, 1.807) is 24.4 Å². The normalized spacial score (nSPS) is 17.9. The molecule has 216 valence electrons. The van der Waals surface area contributed by atoms with Crippen molar-refractivity contribution in [2.75, 3.05) is 19.7 Å². The van der Waals surface area contributed by atoms with Crippen LogP contribution in [-0.4, -0.2) is 76.9 Å². The maximum atomic E-state index is 14.3. The number of tetrazole rings is 1. The van der Waals surface area contributed by atoms with Crippen molar-refractivity contribution in [1.29, 1.82) is 0 Å². The molecule has 5 aromatic rings. The zero-order valence-corrected chi connectivity index (χ0v) is 23.5. The summed E-state index contributed by atoms with van der Waals surface area (Å²) in [6.45, 7) is 4.07. The number of hydrogen-bond donors (Lipinski definition) is 1. The van der Waals surface area contributed by atoms with Gasteiger partial charge in [0.25, 0.3) is 0 Å².